The van der Waals surface area contributed by atoms with Crippen LogP contribution in [0.5, 0.6) is 0 Å². The van der Waals surface area contributed by atoms with Crippen molar-refractivity contribution in [2.45, 2.75) is 45.1 Å². The Bertz CT molecular complexity index is 665. The molecular weight excluding hydrogens is 276 g/mol. The van der Waals surface area contributed by atoms with E-state index in [0.717, 1.165) is 24.1 Å². The number of amides is 1. The van der Waals surface area contributed by atoms with Crippen molar-refractivity contribution in [2.75, 3.05) is 5.73 Å². The van der Waals surface area contributed by atoms with Crippen molar-refractivity contribution in [3.63, 3.8) is 0 Å². The first-order valence-corrected chi connectivity index (χ1v) is 7.67. The number of carbonyl (C=O) groups is 1. The van der Waals surface area contributed by atoms with Gasteiger partial charge in [-0.15, -0.1) is 0 Å². The molecule has 1 fully saturated rings. The van der Waals surface area contributed by atoms with Crippen molar-refractivity contribution in [1.82, 2.24) is 15.5 Å². The fourth-order valence-electron chi connectivity index (χ4n) is 3.19. The first kappa shape index (κ1) is 14.6. The molecule has 0 aliphatic heterocycles. The summed E-state index contributed by atoms with van der Waals surface area (Å²) >= 11 is 0. The second-order valence-electron chi connectivity index (χ2n) is 6.35. The summed E-state index contributed by atoms with van der Waals surface area (Å²) in [6, 6.07) is 8.40. The number of nitrogens with one attached hydrogen (secondary N) is 2. The number of nitrogen functional groups attached to an aromatic ring is 1. The highest BCUT2D eigenvalue weighted by Gasteiger charge is 2.32. The molecule has 1 aromatic carbocycles. The molecule has 0 bridgehead atoms. The molecule has 4 N–H and O–H groups in total. The zero-order valence-electron chi connectivity index (χ0n) is 13.0. The molecule has 1 aromatic heterocycles. The summed E-state index contributed by atoms with van der Waals surface area (Å²) in [4.78, 5) is 12.1. The topological polar surface area (TPSA) is 83.8 Å². The normalized spacial score (nSPS) is 20.5. The van der Waals surface area contributed by atoms with E-state index in [1.54, 1.807) is 0 Å². The smallest absolute Gasteiger partial charge is 0.224 e. The van der Waals surface area contributed by atoms with Crippen LogP contribution in [0.15, 0.2) is 24.3 Å². The third-order valence-corrected chi connectivity index (χ3v) is 4.21. The second kappa shape index (κ2) is 5.83. The lowest BCUT2D eigenvalue weighted by molar-refractivity contribution is -0.121. The second-order valence-corrected chi connectivity index (χ2v) is 6.35. The lowest BCUT2D eigenvalue weighted by Crippen LogP contribution is -2.44. The minimum atomic E-state index is 0.0950. The van der Waals surface area contributed by atoms with E-state index in [2.05, 4.69) is 47.6 Å². The predicted molar refractivity (Wildman–Crippen MR) is 86.5 cm³/mol. The predicted octanol–water partition coefficient (Wildman–Crippen LogP) is 2.21. The van der Waals surface area contributed by atoms with Gasteiger partial charge in [-0.3, -0.25) is 9.89 Å². The average molecular weight is 298 g/mol. The third-order valence-electron chi connectivity index (χ3n) is 4.21. The summed E-state index contributed by atoms with van der Waals surface area (Å²) in [6.07, 6.45) is 2.33. The van der Waals surface area contributed by atoms with Gasteiger partial charge in [-0.2, -0.15) is 5.10 Å². The van der Waals surface area contributed by atoms with E-state index >= 15 is 0 Å². The minimum Gasteiger partial charge on any atom is -0.382 e. The molecule has 5 nitrogen and oxygen atoms in total. The van der Waals surface area contributed by atoms with E-state index in [4.69, 9.17) is 5.73 Å². The zero-order valence-corrected chi connectivity index (χ0v) is 13.0. The Hall–Kier alpha value is -2.30. The van der Waals surface area contributed by atoms with Gasteiger partial charge in [0, 0.05) is 23.7 Å². The standard InChI is InChI=1S/C17H22N4O/c1-10-3-11(2)5-12(4-10)6-17(22)19-14-7-13(8-14)15-9-16(18)21-20-15/h3-5,9,13-14H,6-8H2,1-2H3,(H,19,22)(H3,18,20,21). The maximum absolute atomic E-state index is 12.1. The molecule has 1 heterocycles. The Kier molecular flexibility index (Phi) is 3.88. The molecule has 1 aliphatic rings. The molecule has 22 heavy (non-hydrogen) atoms. The number of rotatable bonds is 4. The molecule has 3 rings (SSSR count). The number of anilines is 1. The molecule has 0 spiro atoms. The highest BCUT2D eigenvalue weighted by molar-refractivity contribution is 5.79. The summed E-state index contributed by atoms with van der Waals surface area (Å²) in [7, 11) is 0. The van der Waals surface area contributed by atoms with Crippen molar-refractivity contribution in [2.24, 2.45) is 0 Å². The quantitative estimate of drug-likeness (QED) is 0.809. The van der Waals surface area contributed by atoms with Crippen molar-refractivity contribution in [1.29, 1.82) is 0 Å². The summed E-state index contributed by atoms with van der Waals surface area (Å²) < 4.78 is 0. The monoisotopic (exact) mass is 298 g/mol. The number of hydrogen-bond donors (Lipinski definition) is 3. The molecular formula is C17H22N4O. The Morgan fingerprint density at radius 2 is 1.95 bits per heavy atom. The molecule has 1 aliphatic carbocycles. The molecule has 0 unspecified atom stereocenters. The van der Waals surface area contributed by atoms with Crippen LogP contribution in [0.25, 0.3) is 0 Å². The number of aromatic nitrogens is 2. The van der Waals surface area contributed by atoms with Crippen molar-refractivity contribution >= 4 is 11.7 Å². The van der Waals surface area contributed by atoms with Gasteiger partial charge in [-0.05, 0) is 32.3 Å². The largest absolute Gasteiger partial charge is 0.382 e. The van der Waals surface area contributed by atoms with Gasteiger partial charge in [0.1, 0.15) is 5.82 Å². The van der Waals surface area contributed by atoms with Crippen LogP contribution in [0.2, 0.25) is 0 Å². The summed E-state index contributed by atoms with van der Waals surface area (Å²) in [5.41, 5.74) is 10.1. The number of nitrogens with two attached hydrogens (primary N) is 1. The van der Waals surface area contributed by atoms with Crippen LogP contribution in [0.1, 0.15) is 41.1 Å². The van der Waals surface area contributed by atoms with Gasteiger partial charge in [0.2, 0.25) is 5.91 Å². The highest BCUT2D eigenvalue weighted by atomic mass is 16.1. The lowest BCUT2D eigenvalue weighted by Gasteiger charge is -2.35. The van der Waals surface area contributed by atoms with E-state index in [1.165, 1.54) is 11.1 Å². The van der Waals surface area contributed by atoms with E-state index in [9.17, 15) is 4.79 Å². The van der Waals surface area contributed by atoms with Crippen LogP contribution >= 0.6 is 0 Å². The zero-order chi connectivity index (χ0) is 15.7. The lowest BCUT2D eigenvalue weighted by atomic mass is 9.78. The Morgan fingerprint density at radius 3 is 2.55 bits per heavy atom. The van der Waals surface area contributed by atoms with Gasteiger partial charge in [0.15, 0.2) is 0 Å². The van der Waals surface area contributed by atoms with E-state index in [-0.39, 0.29) is 11.9 Å². The molecule has 0 radical (unpaired) electrons. The molecule has 0 atom stereocenters. The third kappa shape index (κ3) is 3.30. The van der Waals surface area contributed by atoms with E-state index in [0.29, 0.717) is 18.2 Å². The molecule has 2 aromatic rings. The SMILES string of the molecule is Cc1cc(C)cc(CC(=O)NC2CC(c3cc(N)n[nH]3)C2)c1. The first-order valence-electron chi connectivity index (χ1n) is 7.67. The Morgan fingerprint density at radius 1 is 1.27 bits per heavy atom. The molecule has 1 saturated carbocycles. The van der Waals surface area contributed by atoms with Crippen molar-refractivity contribution in [3.05, 3.63) is 46.6 Å². The van der Waals surface area contributed by atoms with Crippen LogP contribution in [0, 0.1) is 13.8 Å². The minimum absolute atomic E-state index is 0.0950. The number of H-pyrrole nitrogens is 1. The summed E-state index contributed by atoms with van der Waals surface area (Å²) in [5, 5.41) is 9.99. The number of aryl methyl sites for hydroxylation is 2. The number of aromatic amines is 1. The number of carbonyl (C=O) groups excluding carboxylic acids is 1. The first-order chi connectivity index (χ1) is 10.5. The maximum Gasteiger partial charge on any atom is 0.224 e. The summed E-state index contributed by atoms with van der Waals surface area (Å²) in [5.74, 6) is 1.05. The maximum atomic E-state index is 12.1. The number of nitrogens with zero attached hydrogens (tertiary/aromatic N) is 1. The fraction of sp³-hybridized carbons (Fsp3) is 0.412. The molecule has 5 heteroatoms. The van der Waals surface area contributed by atoms with Gasteiger partial charge >= 0.3 is 0 Å². The van der Waals surface area contributed by atoms with Crippen molar-refractivity contribution in [3.8, 4) is 0 Å². The van der Waals surface area contributed by atoms with Crippen LogP contribution in [-0.2, 0) is 11.2 Å². The van der Waals surface area contributed by atoms with Gasteiger partial charge in [0.05, 0.1) is 6.42 Å². The van der Waals surface area contributed by atoms with Gasteiger partial charge in [-0.25, -0.2) is 0 Å². The Labute approximate surface area is 130 Å². The Balaban J connectivity index is 1.49. The van der Waals surface area contributed by atoms with Crippen molar-refractivity contribution < 1.29 is 4.79 Å². The average Bonchev–Trinajstić information content (AvgIpc) is 2.78. The van der Waals surface area contributed by atoms with E-state index < -0.39 is 0 Å². The van der Waals surface area contributed by atoms with Crippen LogP contribution in [0.3, 0.4) is 0 Å². The fourth-order valence-corrected chi connectivity index (χ4v) is 3.19. The van der Waals surface area contributed by atoms with Crippen LogP contribution in [0.4, 0.5) is 5.82 Å². The molecule has 116 valence electrons. The summed E-state index contributed by atoms with van der Waals surface area (Å²) in [6.45, 7) is 4.11. The van der Waals surface area contributed by atoms with Crippen LogP contribution < -0.4 is 11.1 Å². The number of benzene rings is 1. The molecule has 0 saturated heterocycles. The van der Waals surface area contributed by atoms with Crippen LogP contribution in [-0.4, -0.2) is 22.1 Å². The number of hydrogen-bond acceptors (Lipinski definition) is 3. The highest BCUT2D eigenvalue weighted by Crippen LogP contribution is 2.36. The van der Waals surface area contributed by atoms with E-state index in [1.807, 2.05) is 6.07 Å². The van der Waals surface area contributed by atoms with Gasteiger partial charge in [0.25, 0.3) is 0 Å². The molecule has 1 amide bonds. The van der Waals surface area contributed by atoms with Gasteiger partial charge < -0.3 is 11.1 Å². The van der Waals surface area contributed by atoms with Gasteiger partial charge in [-0.1, -0.05) is 29.3 Å².